The first-order valence-corrected chi connectivity index (χ1v) is 11.3. The molecule has 0 N–H and O–H groups in total. The zero-order chi connectivity index (χ0) is 22.3. The van der Waals surface area contributed by atoms with Gasteiger partial charge in [0.15, 0.2) is 5.76 Å². The van der Waals surface area contributed by atoms with Gasteiger partial charge in [0.1, 0.15) is 16.3 Å². The smallest absolute Gasteiger partial charge is 0.255 e. The Morgan fingerprint density at radius 1 is 1.06 bits per heavy atom. The average molecular weight is 445 g/mol. The van der Waals surface area contributed by atoms with Crippen molar-refractivity contribution >= 4 is 26.8 Å². The van der Waals surface area contributed by atoms with E-state index in [-0.39, 0.29) is 29.7 Å². The van der Waals surface area contributed by atoms with Gasteiger partial charge in [-0.3, -0.25) is 9.78 Å². The van der Waals surface area contributed by atoms with Gasteiger partial charge < -0.3 is 14.2 Å². The largest absolute Gasteiger partial charge is 0.497 e. The van der Waals surface area contributed by atoms with E-state index in [4.69, 9.17) is 9.26 Å². The Morgan fingerprint density at radius 3 is 2.39 bits per heavy atom. The average Bonchev–Trinajstić information content (AvgIpc) is 3.11. The Labute approximate surface area is 180 Å². The van der Waals surface area contributed by atoms with Crippen LogP contribution in [0.2, 0.25) is 0 Å². The zero-order valence-electron chi connectivity index (χ0n) is 17.9. The van der Waals surface area contributed by atoms with Gasteiger partial charge in [-0.05, 0) is 39.0 Å². The number of piperazine rings is 1. The molecular weight excluding hydrogens is 420 g/mol. The maximum Gasteiger partial charge on any atom is 0.255 e. The molecule has 9 nitrogen and oxygen atoms in total. The van der Waals surface area contributed by atoms with Crippen LogP contribution in [0.3, 0.4) is 0 Å². The third-order valence-electron chi connectivity index (χ3n) is 5.54. The number of methoxy groups -OCH3 is 1. The van der Waals surface area contributed by atoms with Crippen molar-refractivity contribution in [3.8, 4) is 5.75 Å². The van der Waals surface area contributed by atoms with Crippen LogP contribution in [0.1, 0.15) is 27.5 Å². The fraction of sp³-hybridized carbons (Fsp3) is 0.381. The van der Waals surface area contributed by atoms with Gasteiger partial charge in [0, 0.05) is 37.6 Å². The SMILES string of the molecule is COc1ccc2cc(C(=O)N3CCN(S(=O)(=O)c4c(C)noc4C)CC3)c(C)nc2c1. The van der Waals surface area contributed by atoms with E-state index in [1.54, 1.807) is 32.8 Å². The normalized spacial score (nSPS) is 15.4. The molecule has 164 valence electrons. The van der Waals surface area contributed by atoms with E-state index in [9.17, 15) is 13.2 Å². The molecule has 1 aliphatic heterocycles. The van der Waals surface area contributed by atoms with Gasteiger partial charge in [-0.1, -0.05) is 5.16 Å². The number of amides is 1. The third-order valence-corrected chi connectivity index (χ3v) is 7.68. The molecule has 0 spiro atoms. The van der Waals surface area contributed by atoms with Crippen LogP contribution in [0.15, 0.2) is 33.7 Å². The second-order valence-electron chi connectivity index (χ2n) is 7.53. The molecule has 1 saturated heterocycles. The first-order valence-electron chi connectivity index (χ1n) is 9.90. The van der Waals surface area contributed by atoms with Crippen molar-refractivity contribution in [2.75, 3.05) is 33.3 Å². The monoisotopic (exact) mass is 444 g/mol. The van der Waals surface area contributed by atoms with E-state index >= 15 is 0 Å². The number of aromatic nitrogens is 2. The number of hydrogen-bond donors (Lipinski definition) is 0. The maximum atomic E-state index is 13.1. The molecule has 0 aliphatic carbocycles. The molecule has 0 atom stereocenters. The molecule has 0 radical (unpaired) electrons. The third kappa shape index (κ3) is 3.77. The van der Waals surface area contributed by atoms with Gasteiger partial charge in [-0.25, -0.2) is 8.42 Å². The molecule has 1 aromatic carbocycles. The molecule has 0 saturated carbocycles. The summed E-state index contributed by atoms with van der Waals surface area (Å²) in [6.45, 7) is 5.98. The number of ether oxygens (including phenoxy) is 1. The first kappa shape index (κ1) is 21.3. The van der Waals surface area contributed by atoms with Crippen LogP contribution in [-0.4, -0.2) is 67.0 Å². The van der Waals surface area contributed by atoms with Crippen LogP contribution >= 0.6 is 0 Å². The molecule has 2 aromatic heterocycles. The van der Waals surface area contributed by atoms with Gasteiger partial charge in [0.05, 0.1) is 23.9 Å². The minimum Gasteiger partial charge on any atom is -0.497 e. The molecule has 0 bridgehead atoms. The molecule has 4 rings (SSSR count). The molecule has 3 heterocycles. The number of fused-ring (bicyclic) bond motifs is 1. The highest BCUT2D eigenvalue weighted by Crippen LogP contribution is 2.26. The second-order valence-corrected chi connectivity index (χ2v) is 9.40. The predicted octanol–water partition coefficient (Wildman–Crippen LogP) is 2.30. The van der Waals surface area contributed by atoms with Gasteiger partial charge in [0.2, 0.25) is 10.0 Å². The lowest BCUT2D eigenvalue weighted by Crippen LogP contribution is -2.50. The summed E-state index contributed by atoms with van der Waals surface area (Å²) in [6.07, 6.45) is 0. The highest BCUT2D eigenvalue weighted by molar-refractivity contribution is 7.89. The van der Waals surface area contributed by atoms with E-state index in [0.717, 1.165) is 10.9 Å². The maximum absolute atomic E-state index is 13.1. The van der Waals surface area contributed by atoms with Gasteiger partial charge in [-0.2, -0.15) is 4.31 Å². The number of nitrogens with zero attached hydrogens (tertiary/aromatic N) is 4. The van der Waals surface area contributed by atoms with Crippen molar-refractivity contribution in [1.29, 1.82) is 0 Å². The Hall–Kier alpha value is -2.98. The van der Waals surface area contributed by atoms with Gasteiger partial charge in [-0.15, -0.1) is 0 Å². The fourth-order valence-electron chi connectivity index (χ4n) is 3.86. The fourth-order valence-corrected chi connectivity index (χ4v) is 5.57. The molecular formula is C21H24N4O5S. The Kier molecular flexibility index (Phi) is 5.44. The van der Waals surface area contributed by atoms with Crippen molar-refractivity contribution in [3.05, 3.63) is 47.0 Å². The highest BCUT2D eigenvalue weighted by Gasteiger charge is 2.34. The molecule has 1 fully saturated rings. The van der Waals surface area contributed by atoms with Crippen LogP contribution in [-0.2, 0) is 10.0 Å². The topological polar surface area (TPSA) is 106 Å². The van der Waals surface area contributed by atoms with Crippen LogP contribution < -0.4 is 4.74 Å². The van der Waals surface area contributed by atoms with E-state index in [0.29, 0.717) is 35.8 Å². The number of hydrogen-bond acceptors (Lipinski definition) is 7. The van der Waals surface area contributed by atoms with E-state index in [1.807, 2.05) is 24.3 Å². The summed E-state index contributed by atoms with van der Waals surface area (Å²) in [5, 5.41) is 4.59. The second kappa shape index (κ2) is 7.93. The summed E-state index contributed by atoms with van der Waals surface area (Å²) in [4.78, 5) is 19.5. The minimum absolute atomic E-state index is 0.109. The molecule has 1 amide bonds. The Balaban J connectivity index is 1.53. The quantitative estimate of drug-likeness (QED) is 0.608. The van der Waals surface area contributed by atoms with Crippen molar-refractivity contribution in [1.82, 2.24) is 19.3 Å². The Bertz CT molecular complexity index is 1240. The van der Waals surface area contributed by atoms with Crippen LogP contribution in [0, 0.1) is 20.8 Å². The Morgan fingerprint density at radius 2 is 1.77 bits per heavy atom. The predicted molar refractivity (Wildman–Crippen MR) is 114 cm³/mol. The van der Waals surface area contributed by atoms with Gasteiger partial charge in [0.25, 0.3) is 5.91 Å². The highest BCUT2D eigenvalue weighted by atomic mass is 32.2. The lowest BCUT2D eigenvalue weighted by molar-refractivity contribution is 0.0696. The van der Waals surface area contributed by atoms with E-state index < -0.39 is 10.0 Å². The summed E-state index contributed by atoms with van der Waals surface area (Å²) in [7, 11) is -2.13. The van der Waals surface area contributed by atoms with E-state index in [1.165, 1.54) is 4.31 Å². The molecule has 10 heteroatoms. The van der Waals surface area contributed by atoms with Crippen molar-refractivity contribution in [2.45, 2.75) is 25.7 Å². The van der Waals surface area contributed by atoms with Crippen molar-refractivity contribution in [2.24, 2.45) is 0 Å². The number of sulfonamides is 1. The number of rotatable bonds is 4. The molecule has 31 heavy (non-hydrogen) atoms. The van der Waals surface area contributed by atoms with Crippen LogP contribution in [0.4, 0.5) is 0 Å². The summed E-state index contributed by atoms with van der Waals surface area (Å²) >= 11 is 0. The summed E-state index contributed by atoms with van der Waals surface area (Å²) in [5.41, 5.74) is 2.23. The summed E-state index contributed by atoms with van der Waals surface area (Å²) in [5.74, 6) is 0.816. The van der Waals surface area contributed by atoms with Crippen molar-refractivity contribution in [3.63, 3.8) is 0 Å². The summed E-state index contributed by atoms with van der Waals surface area (Å²) in [6, 6.07) is 7.35. The number of benzene rings is 1. The number of carbonyl (C=O) groups is 1. The zero-order valence-corrected chi connectivity index (χ0v) is 18.7. The summed E-state index contributed by atoms with van der Waals surface area (Å²) < 4.78 is 37.6. The molecule has 1 aliphatic rings. The molecule has 3 aromatic rings. The van der Waals surface area contributed by atoms with Crippen LogP contribution in [0.5, 0.6) is 5.75 Å². The van der Waals surface area contributed by atoms with E-state index in [2.05, 4.69) is 10.1 Å². The van der Waals surface area contributed by atoms with Gasteiger partial charge >= 0.3 is 0 Å². The lowest BCUT2D eigenvalue weighted by Gasteiger charge is -2.34. The lowest BCUT2D eigenvalue weighted by atomic mass is 10.1. The standard InChI is InChI=1S/C21H24N4O5S/c1-13-18(11-16-5-6-17(29-4)12-19(16)22-13)21(26)24-7-9-25(10-8-24)31(27,28)20-14(2)23-30-15(20)3/h5-6,11-12H,7-10H2,1-4H3. The van der Waals surface area contributed by atoms with Crippen LogP contribution in [0.25, 0.3) is 10.9 Å². The number of carbonyl (C=O) groups excluding carboxylic acids is 1. The number of pyridine rings is 1. The number of aryl methyl sites for hydroxylation is 3. The molecule has 0 unspecified atom stereocenters. The first-order chi connectivity index (χ1) is 14.7. The van der Waals surface area contributed by atoms with Crippen molar-refractivity contribution < 1.29 is 22.5 Å². The minimum atomic E-state index is -3.72.